The van der Waals surface area contributed by atoms with Crippen LogP contribution >= 0.6 is 0 Å². The Hall–Kier alpha value is -2.18. The molecule has 6 heteroatoms. The molecule has 1 amide bonds. The molecule has 2 fully saturated rings. The van der Waals surface area contributed by atoms with E-state index in [-0.39, 0.29) is 24.0 Å². The van der Waals surface area contributed by atoms with Crippen molar-refractivity contribution in [3.05, 3.63) is 53.7 Å². The Balaban J connectivity index is 1.65. The second kappa shape index (κ2) is 8.45. The second-order valence-electron chi connectivity index (χ2n) is 7.99. The van der Waals surface area contributed by atoms with Gasteiger partial charge in [-0.2, -0.15) is 0 Å². The highest BCUT2D eigenvalue weighted by Crippen LogP contribution is 2.33. The van der Waals surface area contributed by atoms with Crippen LogP contribution in [0.15, 0.2) is 41.1 Å². The zero-order valence-electron chi connectivity index (χ0n) is 16.7. The number of likely N-dealkylation sites (tertiary alicyclic amines) is 1. The van der Waals surface area contributed by atoms with E-state index >= 15 is 0 Å². The van der Waals surface area contributed by atoms with E-state index in [4.69, 9.17) is 9.15 Å². The van der Waals surface area contributed by atoms with Gasteiger partial charge in [0, 0.05) is 19.0 Å². The molecule has 2 saturated heterocycles. The Bertz CT molecular complexity index is 783. The van der Waals surface area contributed by atoms with Gasteiger partial charge in [0.25, 0.3) is 5.91 Å². The van der Waals surface area contributed by atoms with Crippen LogP contribution in [-0.4, -0.2) is 59.6 Å². The van der Waals surface area contributed by atoms with Crippen molar-refractivity contribution >= 4 is 5.91 Å². The third kappa shape index (κ3) is 3.84. The summed E-state index contributed by atoms with van der Waals surface area (Å²) in [7, 11) is 0. The lowest BCUT2D eigenvalue weighted by molar-refractivity contribution is -0.0709. The van der Waals surface area contributed by atoms with E-state index in [1.165, 1.54) is 19.2 Å². The van der Waals surface area contributed by atoms with Crippen molar-refractivity contribution in [2.24, 2.45) is 0 Å². The first-order chi connectivity index (χ1) is 13.6. The lowest BCUT2D eigenvalue weighted by Gasteiger charge is -2.42. The smallest absolute Gasteiger partial charge is 0.276 e. The van der Waals surface area contributed by atoms with Gasteiger partial charge in [-0.3, -0.25) is 4.79 Å². The van der Waals surface area contributed by atoms with E-state index in [9.17, 15) is 4.79 Å². The molecule has 1 aromatic heterocycles. The third-order valence-electron chi connectivity index (χ3n) is 5.71. The van der Waals surface area contributed by atoms with Gasteiger partial charge in [0.1, 0.15) is 5.76 Å². The Morgan fingerprint density at radius 2 is 1.93 bits per heavy atom. The lowest BCUT2D eigenvalue weighted by Crippen LogP contribution is -2.51. The van der Waals surface area contributed by atoms with Crippen molar-refractivity contribution in [1.82, 2.24) is 14.8 Å². The predicted molar refractivity (Wildman–Crippen MR) is 106 cm³/mol. The maximum atomic E-state index is 13.5. The van der Waals surface area contributed by atoms with Gasteiger partial charge in [-0.05, 0) is 31.5 Å². The molecule has 4 rings (SSSR count). The van der Waals surface area contributed by atoms with E-state index in [2.05, 4.69) is 22.0 Å². The van der Waals surface area contributed by atoms with E-state index in [1.54, 1.807) is 0 Å². The molecule has 3 heterocycles. The fraction of sp³-hybridized carbons (Fsp3) is 0.545. The molecule has 1 aromatic carbocycles. The van der Waals surface area contributed by atoms with Crippen LogP contribution in [0.3, 0.4) is 0 Å². The summed E-state index contributed by atoms with van der Waals surface area (Å²) >= 11 is 0. The zero-order valence-corrected chi connectivity index (χ0v) is 16.7. The molecule has 2 aromatic rings. The predicted octanol–water partition coefficient (Wildman–Crippen LogP) is 3.48. The highest BCUT2D eigenvalue weighted by Gasteiger charge is 2.39. The largest absolute Gasteiger partial charge is 0.447 e. The Labute approximate surface area is 166 Å². The maximum Gasteiger partial charge on any atom is 0.276 e. The number of ether oxygens (including phenoxy) is 1. The van der Waals surface area contributed by atoms with Gasteiger partial charge in [0.15, 0.2) is 12.1 Å². The van der Waals surface area contributed by atoms with Crippen molar-refractivity contribution in [1.29, 1.82) is 0 Å². The fourth-order valence-corrected chi connectivity index (χ4v) is 4.34. The first-order valence-electron chi connectivity index (χ1n) is 10.3. The maximum absolute atomic E-state index is 13.5. The van der Waals surface area contributed by atoms with Crippen LogP contribution in [0.2, 0.25) is 0 Å². The molecule has 0 N–H and O–H groups in total. The van der Waals surface area contributed by atoms with Crippen molar-refractivity contribution in [3.8, 4) is 0 Å². The molecule has 0 saturated carbocycles. The number of hydrogen-bond donors (Lipinski definition) is 0. The monoisotopic (exact) mass is 383 g/mol. The van der Waals surface area contributed by atoms with Gasteiger partial charge < -0.3 is 19.0 Å². The quantitative estimate of drug-likeness (QED) is 0.791. The second-order valence-corrected chi connectivity index (χ2v) is 7.99. The summed E-state index contributed by atoms with van der Waals surface area (Å²) in [4.78, 5) is 22.1. The normalized spacial score (nSPS) is 23.5. The summed E-state index contributed by atoms with van der Waals surface area (Å²) in [5, 5.41) is 0. The van der Waals surface area contributed by atoms with Crippen molar-refractivity contribution < 1.29 is 13.9 Å². The molecule has 2 aliphatic heterocycles. The van der Waals surface area contributed by atoms with Crippen molar-refractivity contribution in [2.75, 3.05) is 32.8 Å². The van der Waals surface area contributed by atoms with Gasteiger partial charge in [0.2, 0.25) is 0 Å². The zero-order chi connectivity index (χ0) is 19.5. The number of oxazole rings is 1. The van der Waals surface area contributed by atoms with Crippen LogP contribution in [0.1, 0.15) is 60.5 Å². The third-order valence-corrected chi connectivity index (χ3v) is 5.71. The number of carbonyl (C=O) groups is 1. The molecule has 0 aliphatic carbocycles. The summed E-state index contributed by atoms with van der Waals surface area (Å²) in [5.41, 5.74) is 1.53. The molecule has 0 unspecified atom stereocenters. The first kappa shape index (κ1) is 19.2. The number of benzene rings is 1. The fourth-order valence-electron chi connectivity index (χ4n) is 4.34. The van der Waals surface area contributed by atoms with Gasteiger partial charge in [-0.15, -0.1) is 0 Å². The highest BCUT2D eigenvalue weighted by molar-refractivity contribution is 5.93. The summed E-state index contributed by atoms with van der Waals surface area (Å²) in [5.74, 6) is 0.693. The van der Waals surface area contributed by atoms with Crippen LogP contribution in [0.25, 0.3) is 0 Å². The molecular weight excluding hydrogens is 354 g/mol. The molecular formula is C22H29N3O3. The minimum Gasteiger partial charge on any atom is -0.447 e. The standard InChI is InChI=1S/C22H29N3O3/c1-16(2)21-19(23-15-28-21)22(26)25-12-13-27-18(14-24-10-6-7-11-24)20(25)17-8-4-3-5-9-17/h3-5,8-9,15-16,18,20H,6-7,10-14H2,1-2H3/t18-,20-/m0/s1. The van der Waals surface area contributed by atoms with Crippen molar-refractivity contribution in [2.45, 2.75) is 44.8 Å². The van der Waals surface area contributed by atoms with Gasteiger partial charge in [0.05, 0.1) is 18.8 Å². The number of nitrogens with zero attached hydrogens (tertiary/aromatic N) is 3. The van der Waals surface area contributed by atoms with Crippen LogP contribution in [0.4, 0.5) is 0 Å². The molecule has 28 heavy (non-hydrogen) atoms. The molecule has 0 radical (unpaired) electrons. The Morgan fingerprint density at radius 1 is 1.18 bits per heavy atom. The van der Waals surface area contributed by atoms with Crippen LogP contribution in [0.5, 0.6) is 0 Å². The molecule has 2 aliphatic rings. The van der Waals surface area contributed by atoms with Crippen molar-refractivity contribution in [3.63, 3.8) is 0 Å². The number of carbonyl (C=O) groups excluding carboxylic acids is 1. The van der Waals surface area contributed by atoms with Gasteiger partial charge in [-0.1, -0.05) is 44.2 Å². The number of aromatic nitrogens is 1. The topological polar surface area (TPSA) is 58.8 Å². The molecule has 6 nitrogen and oxygen atoms in total. The van der Waals surface area contributed by atoms with Gasteiger partial charge >= 0.3 is 0 Å². The van der Waals surface area contributed by atoms with E-state index in [0.717, 1.165) is 25.2 Å². The molecule has 2 atom stereocenters. The number of amides is 1. The van der Waals surface area contributed by atoms with Crippen LogP contribution < -0.4 is 0 Å². The average Bonchev–Trinajstić information content (AvgIpc) is 3.40. The minimum atomic E-state index is -0.125. The van der Waals surface area contributed by atoms with Crippen LogP contribution in [0, 0.1) is 0 Å². The number of rotatable bonds is 5. The molecule has 0 spiro atoms. The number of hydrogen-bond acceptors (Lipinski definition) is 5. The van der Waals surface area contributed by atoms with Crippen LogP contribution in [-0.2, 0) is 4.74 Å². The first-order valence-corrected chi connectivity index (χ1v) is 10.3. The SMILES string of the molecule is CC(C)c1ocnc1C(=O)N1CCO[C@@H](CN2CCCC2)[C@@H]1c1ccccc1. The Morgan fingerprint density at radius 3 is 2.64 bits per heavy atom. The average molecular weight is 383 g/mol. The minimum absolute atomic E-state index is 0.0485. The van der Waals surface area contributed by atoms with E-state index in [0.29, 0.717) is 24.6 Å². The molecule has 0 bridgehead atoms. The Kier molecular flexibility index (Phi) is 5.78. The summed E-state index contributed by atoms with van der Waals surface area (Å²) in [6, 6.07) is 10.1. The molecule has 150 valence electrons. The summed E-state index contributed by atoms with van der Waals surface area (Å²) in [6.45, 7) is 8.19. The van der Waals surface area contributed by atoms with E-state index < -0.39 is 0 Å². The summed E-state index contributed by atoms with van der Waals surface area (Å²) < 4.78 is 11.7. The number of morpholine rings is 1. The lowest BCUT2D eigenvalue weighted by atomic mass is 9.96. The van der Waals surface area contributed by atoms with Gasteiger partial charge in [-0.25, -0.2) is 4.98 Å². The van der Waals surface area contributed by atoms with E-state index in [1.807, 2.05) is 36.9 Å². The summed E-state index contributed by atoms with van der Waals surface area (Å²) in [6.07, 6.45) is 3.81. The highest BCUT2D eigenvalue weighted by atomic mass is 16.5.